The maximum absolute atomic E-state index is 5.75. The molecule has 1 heterocycles. The fraction of sp³-hybridized carbons (Fsp3) is 0.235. The molecule has 2 aromatic rings. The Kier molecular flexibility index (Phi) is 5.63. The van der Waals surface area contributed by atoms with Crippen LogP contribution in [-0.4, -0.2) is 24.5 Å². The van der Waals surface area contributed by atoms with E-state index in [1.165, 1.54) is 16.8 Å². The summed E-state index contributed by atoms with van der Waals surface area (Å²) in [7, 11) is 2.05. The van der Waals surface area contributed by atoms with Gasteiger partial charge >= 0.3 is 0 Å². The Morgan fingerprint density at radius 3 is 2.45 bits per heavy atom. The highest BCUT2D eigenvalue weighted by Crippen LogP contribution is 2.15. The minimum atomic E-state index is 0.643. The van der Waals surface area contributed by atoms with Crippen LogP contribution in [0.25, 0.3) is 6.08 Å². The van der Waals surface area contributed by atoms with Gasteiger partial charge in [0.15, 0.2) is 0 Å². The van der Waals surface area contributed by atoms with Gasteiger partial charge in [-0.1, -0.05) is 24.3 Å². The van der Waals surface area contributed by atoms with E-state index >= 15 is 0 Å². The van der Waals surface area contributed by atoms with E-state index in [9.17, 15) is 0 Å². The Morgan fingerprint density at radius 1 is 1.10 bits per heavy atom. The van der Waals surface area contributed by atoms with E-state index in [4.69, 9.17) is 11.6 Å². The summed E-state index contributed by atoms with van der Waals surface area (Å²) >= 11 is 5.75. The third-order valence-corrected chi connectivity index (χ3v) is 3.34. The lowest BCUT2D eigenvalue weighted by Gasteiger charge is -2.17. The first kappa shape index (κ1) is 14.6. The summed E-state index contributed by atoms with van der Waals surface area (Å²) < 4.78 is 0. The van der Waals surface area contributed by atoms with Gasteiger partial charge in [0.1, 0.15) is 0 Å². The third-order valence-electron chi connectivity index (χ3n) is 3.17. The zero-order chi connectivity index (χ0) is 14.2. The Bertz CT molecular complexity index is 535. The maximum atomic E-state index is 5.75. The van der Waals surface area contributed by atoms with E-state index in [1.54, 1.807) is 0 Å². The Labute approximate surface area is 125 Å². The maximum Gasteiger partial charge on any atom is 0.0399 e. The number of allylic oxidation sites excluding steroid dienone is 1. The molecule has 0 saturated heterocycles. The Balaban J connectivity index is 1.93. The normalized spacial score (nSPS) is 10.9. The van der Waals surface area contributed by atoms with Crippen molar-refractivity contribution in [1.82, 2.24) is 4.98 Å². The molecule has 1 aromatic carbocycles. The SMILES string of the molecule is CN(CCCl)c1ccc(/C=C/Cc2ccncc2)cc1. The first-order chi connectivity index (χ1) is 9.79. The number of anilines is 1. The summed E-state index contributed by atoms with van der Waals surface area (Å²) in [5, 5.41) is 0. The molecule has 20 heavy (non-hydrogen) atoms. The highest BCUT2D eigenvalue weighted by atomic mass is 35.5. The van der Waals surface area contributed by atoms with Crippen molar-refractivity contribution in [2.24, 2.45) is 0 Å². The molecule has 0 atom stereocenters. The van der Waals surface area contributed by atoms with E-state index in [-0.39, 0.29) is 0 Å². The van der Waals surface area contributed by atoms with Crippen molar-refractivity contribution in [2.75, 3.05) is 24.4 Å². The number of halogens is 1. The number of hydrogen-bond acceptors (Lipinski definition) is 2. The summed E-state index contributed by atoms with van der Waals surface area (Å²) in [5.74, 6) is 0.643. The van der Waals surface area contributed by atoms with E-state index in [0.717, 1.165) is 13.0 Å². The van der Waals surface area contributed by atoms with Crippen molar-refractivity contribution in [3.8, 4) is 0 Å². The molecule has 0 aliphatic rings. The molecule has 0 spiro atoms. The molecule has 1 aromatic heterocycles. The van der Waals surface area contributed by atoms with Gasteiger partial charge in [-0.15, -0.1) is 11.6 Å². The lowest BCUT2D eigenvalue weighted by molar-refractivity contribution is 0.974. The minimum Gasteiger partial charge on any atom is -0.373 e. The van der Waals surface area contributed by atoms with Gasteiger partial charge in [0.25, 0.3) is 0 Å². The van der Waals surface area contributed by atoms with Crippen LogP contribution in [0.3, 0.4) is 0 Å². The fourth-order valence-corrected chi connectivity index (χ4v) is 2.20. The third kappa shape index (κ3) is 4.39. The number of rotatable bonds is 6. The monoisotopic (exact) mass is 286 g/mol. The van der Waals surface area contributed by atoms with E-state index in [0.29, 0.717) is 5.88 Å². The van der Waals surface area contributed by atoms with Crippen molar-refractivity contribution in [1.29, 1.82) is 0 Å². The van der Waals surface area contributed by atoms with Crippen LogP contribution in [0.5, 0.6) is 0 Å². The molecule has 0 radical (unpaired) electrons. The van der Waals surface area contributed by atoms with Crippen LogP contribution in [0.15, 0.2) is 54.9 Å². The van der Waals surface area contributed by atoms with Crippen molar-refractivity contribution in [2.45, 2.75) is 6.42 Å². The minimum absolute atomic E-state index is 0.643. The summed E-state index contributed by atoms with van der Waals surface area (Å²) in [6.07, 6.45) is 8.89. The van der Waals surface area contributed by atoms with Crippen LogP contribution in [0.2, 0.25) is 0 Å². The zero-order valence-electron chi connectivity index (χ0n) is 11.7. The molecule has 2 rings (SSSR count). The molecule has 0 bridgehead atoms. The van der Waals surface area contributed by atoms with Crippen molar-refractivity contribution in [3.63, 3.8) is 0 Å². The zero-order valence-corrected chi connectivity index (χ0v) is 12.4. The highest BCUT2D eigenvalue weighted by molar-refractivity contribution is 6.18. The number of nitrogens with zero attached hydrogens (tertiary/aromatic N) is 2. The standard InChI is InChI=1S/C17H19ClN2/c1-20(14-11-18)17-7-5-15(6-8-17)3-2-4-16-9-12-19-13-10-16/h2-3,5-10,12-13H,4,11,14H2,1H3/b3-2+. The predicted molar refractivity (Wildman–Crippen MR) is 87.4 cm³/mol. The first-order valence-corrected chi connectivity index (χ1v) is 7.25. The molecule has 0 fully saturated rings. The van der Waals surface area contributed by atoms with Crippen LogP contribution < -0.4 is 4.90 Å². The first-order valence-electron chi connectivity index (χ1n) is 6.72. The van der Waals surface area contributed by atoms with Crippen LogP contribution in [0.4, 0.5) is 5.69 Å². The van der Waals surface area contributed by atoms with E-state index in [1.807, 2.05) is 24.5 Å². The number of alkyl halides is 1. The second kappa shape index (κ2) is 7.71. The van der Waals surface area contributed by atoms with Gasteiger partial charge < -0.3 is 4.90 Å². The molecule has 0 aliphatic carbocycles. The quantitative estimate of drug-likeness (QED) is 0.746. The average Bonchev–Trinajstić information content (AvgIpc) is 2.49. The van der Waals surface area contributed by atoms with Crippen molar-refractivity contribution in [3.05, 3.63) is 66.0 Å². The van der Waals surface area contributed by atoms with Crippen molar-refractivity contribution >= 4 is 23.4 Å². The Hall–Kier alpha value is -1.80. The summed E-state index contributed by atoms with van der Waals surface area (Å²) in [4.78, 5) is 6.16. The lowest BCUT2D eigenvalue weighted by Crippen LogP contribution is -2.19. The van der Waals surface area contributed by atoms with Crippen LogP contribution in [-0.2, 0) is 6.42 Å². The number of benzene rings is 1. The second-order valence-corrected chi connectivity index (χ2v) is 5.04. The fourth-order valence-electron chi connectivity index (χ4n) is 1.95. The van der Waals surface area contributed by atoms with Gasteiger partial charge in [-0.05, 0) is 41.8 Å². The van der Waals surface area contributed by atoms with Crippen LogP contribution in [0.1, 0.15) is 11.1 Å². The van der Waals surface area contributed by atoms with Crippen LogP contribution in [0, 0.1) is 0 Å². The van der Waals surface area contributed by atoms with E-state index in [2.05, 4.69) is 53.3 Å². The van der Waals surface area contributed by atoms with Gasteiger partial charge in [-0.3, -0.25) is 4.98 Å². The molecule has 0 unspecified atom stereocenters. The molecular formula is C17H19ClN2. The van der Waals surface area contributed by atoms with Gasteiger partial charge in [0.2, 0.25) is 0 Å². The number of pyridine rings is 1. The molecule has 0 N–H and O–H groups in total. The molecule has 0 aliphatic heterocycles. The van der Waals surface area contributed by atoms with Crippen LogP contribution >= 0.6 is 11.6 Å². The second-order valence-electron chi connectivity index (χ2n) is 4.66. The Morgan fingerprint density at radius 2 is 1.80 bits per heavy atom. The number of hydrogen-bond donors (Lipinski definition) is 0. The summed E-state index contributed by atoms with van der Waals surface area (Å²) in [5.41, 5.74) is 3.67. The molecular weight excluding hydrogens is 268 g/mol. The molecule has 0 saturated carbocycles. The highest BCUT2D eigenvalue weighted by Gasteiger charge is 1.98. The molecule has 104 valence electrons. The van der Waals surface area contributed by atoms with Gasteiger partial charge in [0, 0.05) is 37.6 Å². The topological polar surface area (TPSA) is 16.1 Å². The van der Waals surface area contributed by atoms with E-state index < -0.39 is 0 Å². The van der Waals surface area contributed by atoms with Gasteiger partial charge in [-0.25, -0.2) is 0 Å². The molecule has 0 amide bonds. The average molecular weight is 287 g/mol. The van der Waals surface area contributed by atoms with Gasteiger partial charge in [-0.2, -0.15) is 0 Å². The van der Waals surface area contributed by atoms with Gasteiger partial charge in [0.05, 0.1) is 0 Å². The summed E-state index contributed by atoms with van der Waals surface area (Å²) in [6, 6.07) is 12.6. The summed E-state index contributed by atoms with van der Waals surface area (Å²) in [6.45, 7) is 0.860. The molecule has 3 heteroatoms. The lowest BCUT2D eigenvalue weighted by atomic mass is 10.1. The molecule has 2 nitrogen and oxygen atoms in total. The smallest absolute Gasteiger partial charge is 0.0399 e. The number of aromatic nitrogens is 1. The van der Waals surface area contributed by atoms with Crippen molar-refractivity contribution < 1.29 is 0 Å². The largest absolute Gasteiger partial charge is 0.373 e. The predicted octanol–water partition coefficient (Wildman–Crippen LogP) is 4.01.